The lowest BCUT2D eigenvalue weighted by Gasteiger charge is -2.07. The molecule has 4 heterocycles. The molecular formula is C27H25N7O3. The summed E-state index contributed by atoms with van der Waals surface area (Å²) in [6, 6.07) is 15.8. The van der Waals surface area contributed by atoms with Crippen molar-refractivity contribution in [2.45, 2.75) is 33.9 Å². The van der Waals surface area contributed by atoms with E-state index < -0.39 is 0 Å². The molecule has 0 atom stereocenters. The molecule has 10 heteroatoms. The van der Waals surface area contributed by atoms with Crippen LogP contribution in [0.3, 0.4) is 0 Å². The fourth-order valence-electron chi connectivity index (χ4n) is 4.45. The lowest BCUT2D eigenvalue weighted by atomic mass is 10.1. The molecule has 0 saturated heterocycles. The van der Waals surface area contributed by atoms with E-state index in [1.165, 1.54) is 18.3 Å². The van der Waals surface area contributed by atoms with Crippen molar-refractivity contribution >= 4 is 16.8 Å². The zero-order valence-electron chi connectivity index (χ0n) is 21.0. The van der Waals surface area contributed by atoms with E-state index in [4.69, 9.17) is 4.42 Å². The highest BCUT2D eigenvalue weighted by Gasteiger charge is 2.21. The summed E-state index contributed by atoms with van der Waals surface area (Å²) in [4.78, 5) is 31.7. The Labute approximate surface area is 211 Å². The lowest BCUT2D eigenvalue weighted by Crippen LogP contribution is -2.26. The normalized spacial score (nSPS) is 11.7. The Morgan fingerprint density at radius 2 is 1.54 bits per heavy atom. The van der Waals surface area contributed by atoms with Gasteiger partial charge in [0.1, 0.15) is 17.0 Å². The summed E-state index contributed by atoms with van der Waals surface area (Å²) in [5.41, 5.74) is 4.56. The van der Waals surface area contributed by atoms with Crippen molar-refractivity contribution < 1.29 is 4.42 Å². The standard InChI is InChI=1S/C27H25N7O3/c1-16-5-9-19(10-6-16)13-32-25(35)23-22(15-31(4)29-23)34-26(32)30-33(27(34)36)14-21-18(3)37-24(28-21)20-11-7-17(2)8-12-20/h5-12,15H,13-14H2,1-4H3. The molecule has 0 unspecified atom stereocenters. The molecule has 186 valence electrons. The molecule has 10 nitrogen and oxygen atoms in total. The topological polar surface area (TPSA) is 105 Å². The minimum absolute atomic E-state index is 0.0994. The lowest BCUT2D eigenvalue weighted by molar-refractivity contribution is 0.535. The van der Waals surface area contributed by atoms with Crippen molar-refractivity contribution in [3.05, 3.63) is 104 Å². The molecule has 37 heavy (non-hydrogen) atoms. The van der Waals surface area contributed by atoms with Gasteiger partial charge in [0.15, 0.2) is 5.52 Å². The summed E-state index contributed by atoms with van der Waals surface area (Å²) >= 11 is 0. The monoisotopic (exact) mass is 495 g/mol. The third-order valence-corrected chi connectivity index (χ3v) is 6.51. The zero-order valence-corrected chi connectivity index (χ0v) is 21.0. The van der Waals surface area contributed by atoms with Gasteiger partial charge in [0.25, 0.3) is 5.56 Å². The van der Waals surface area contributed by atoms with Gasteiger partial charge in [-0.1, -0.05) is 47.5 Å². The quantitative estimate of drug-likeness (QED) is 0.364. The van der Waals surface area contributed by atoms with Gasteiger partial charge < -0.3 is 4.42 Å². The minimum atomic E-state index is -0.384. The van der Waals surface area contributed by atoms with E-state index in [0.29, 0.717) is 22.9 Å². The van der Waals surface area contributed by atoms with Gasteiger partial charge in [-0.25, -0.2) is 18.9 Å². The van der Waals surface area contributed by atoms with Crippen LogP contribution in [0, 0.1) is 20.8 Å². The van der Waals surface area contributed by atoms with E-state index in [1.54, 1.807) is 13.2 Å². The molecule has 0 fully saturated rings. The number of hydrogen-bond acceptors (Lipinski definition) is 6. The first-order valence-electron chi connectivity index (χ1n) is 11.9. The SMILES string of the molecule is Cc1ccc(Cn2c(=O)c3nn(C)cc3n3c(=O)n(Cc4nc(-c5ccc(C)cc5)oc4C)nc23)cc1. The van der Waals surface area contributed by atoms with Crippen LogP contribution in [0.4, 0.5) is 0 Å². The Kier molecular flexibility index (Phi) is 5.18. The largest absolute Gasteiger partial charge is 0.441 e. The van der Waals surface area contributed by atoms with Crippen LogP contribution < -0.4 is 11.2 Å². The summed E-state index contributed by atoms with van der Waals surface area (Å²) in [6.07, 6.45) is 1.66. The van der Waals surface area contributed by atoms with Crippen LogP contribution >= 0.6 is 0 Å². The molecule has 6 aromatic rings. The first-order chi connectivity index (χ1) is 17.8. The Hall–Kier alpha value is -4.73. The number of aromatic nitrogens is 7. The third kappa shape index (κ3) is 3.86. The van der Waals surface area contributed by atoms with Crippen LogP contribution in [0.15, 0.2) is 68.7 Å². The zero-order chi connectivity index (χ0) is 25.8. The molecule has 2 aromatic carbocycles. The molecule has 0 bridgehead atoms. The second-order valence-corrected chi connectivity index (χ2v) is 9.38. The van der Waals surface area contributed by atoms with Gasteiger partial charge in [-0.15, -0.1) is 5.10 Å². The molecule has 4 aromatic heterocycles. The number of rotatable bonds is 5. The molecule has 6 rings (SSSR count). The average molecular weight is 496 g/mol. The van der Waals surface area contributed by atoms with Gasteiger partial charge in [-0.05, 0) is 38.5 Å². The molecule has 0 spiro atoms. The van der Waals surface area contributed by atoms with Crippen LogP contribution in [-0.4, -0.2) is 33.5 Å². The van der Waals surface area contributed by atoms with Crippen molar-refractivity contribution in [1.29, 1.82) is 0 Å². The van der Waals surface area contributed by atoms with E-state index in [9.17, 15) is 9.59 Å². The molecule has 0 N–H and O–H groups in total. The summed E-state index contributed by atoms with van der Waals surface area (Å²) in [6.45, 7) is 6.19. The molecule has 0 aliphatic heterocycles. The fraction of sp³-hybridized carbons (Fsp3) is 0.222. The number of aryl methyl sites for hydroxylation is 4. The smallest absolute Gasteiger partial charge is 0.352 e. The van der Waals surface area contributed by atoms with Gasteiger partial charge >= 0.3 is 5.69 Å². The number of oxazole rings is 1. The van der Waals surface area contributed by atoms with E-state index in [0.717, 1.165) is 22.3 Å². The highest BCUT2D eigenvalue weighted by Crippen LogP contribution is 2.22. The molecular weight excluding hydrogens is 470 g/mol. The Morgan fingerprint density at radius 1 is 0.865 bits per heavy atom. The van der Waals surface area contributed by atoms with Gasteiger partial charge in [0.2, 0.25) is 11.7 Å². The minimum Gasteiger partial charge on any atom is -0.441 e. The number of hydrogen-bond donors (Lipinski definition) is 0. The van der Waals surface area contributed by atoms with E-state index in [1.807, 2.05) is 69.3 Å². The van der Waals surface area contributed by atoms with Crippen molar-refractivity contribution in [3.63, 3.8) is 0 Å². The summed E-state index contributed by atoms with van der Waals surface area (Å²) in [7, 11) is 1.72. The Balaban J connectivity index is 1.48. The average Bonchev–Trinajstić information content (AvgIpc) is 3.54. The molecule has 0 aliphatic rings. The summed E-state index contributed by atoms with van der Waals surface area (Å²) in [5.74, 6) is 1.33. The second kappa shape index (κ2) is 8.44. The third-order valence-electron chi connectivity index (χ3n) is 6.51. The van der Waals surface area contributed by atoms with Crippen molar-refractivity contribution in [2.75, 3.05) is 0 Å². The molecule has 0 saturated carbocycles. The number of fused-ring (bicyclic) bond motifs is 3. The van der Waals surface area contributed by atoms with Crippen LogP contribution in [0.25, 0.3) is 28.3 Å². The Bertz CT molecular complexity index is 1900. The second-order valence-electron chi connectivity index (χ2n) is 9.38. The fourth-order valence-corrected chi connectivity index (χ4v) is 4.45. The summed E-state index contributed by atoms with van der Waals surface area (Å²) in [5, 5.41) is 8.92. The predicted molar refractivity (Wildman–Crippen MR) is 139 cm³/mol. The Morgan fingerprint density at radius 3 is 2.24 bits per heavy atom. The first-order valence-corrected chi connectivity index (χ1v) is 11.9. The van der Waals surface area contributed by atoms with Gasteiger partial charge in [-0.2, -0.15) is 5.10 Å². The van der Waals surface area contributed by atoms with Crippen molar-refractivity contribution in [1.82, 2.24) is 33.5 Å². The van der Waals surface area contributed by atoms with E-state index in [2.05, 4.69) is 15.2 Å². The highest BCUT2D eigenvalue weighted by atomic mass is 16.4. The summed E-state index contributed by atoms with van der Waals surface area (Å²) < 4.78 is 11.7. The van der Waals surface area contributed by atoms with Gasteiger partial charge in [-0.3, -0.25) is 14.0 Å². The van der Waals surface area contributed by atoms with Crippen LogP contribution in [0.5, 0.6) is 0 Å². The van der Waals surface area contributed by atoms with Crippen LogP contribution in [0.1, 0.15) is 28.1 Å². The van der Waals surface area contributed by atoms with Crippen molar-refractivity contribution in [2.24, 2.45) is 7.05 Å². The molecule has 0 amide bonds. The van der Waals surface area contributed by atoms with Crippen molar-refractivity contribution in [3.8, 4) is 11.5 Å². The van der Waals surface area contributed by atoms with Crippen LogP contribution in [-0.2, 0) is 20.1 Å². The van der Waals surface area contributed by atoms with Crippen LogP contribution in [0.2, 0.25) is 0 Å². The van der Waals surface area contributed by atoms with Gasteiger partial charge in [0.05, 0.1) is 13.1 Å². The van der Waals surface area contributed by atoms with E-state index in [-0.39, 0.29) is 35.6 Å². The predicted octanol–water partition coefficient (Wildman–Crippen LogP) is 3.22. The molecule has 0 radical (unpaired) electrons. The maximum absolute atomic E-state index is 13.6. The first kappa shape index (κ1) is 22.7. The molecule has 0 aliphatic carbocycles. The van der Waals surface area contributed by atoms with E-state index >= 15 is 0 Å². The highest BCUT2D eigenvalue weighted by molar-refractivity contribution is 5.75. The number of nitrogens with zero attached hydrogens (tertiary/aromatic N) is 7. The maximum Gasteiger partial charge on any atom is 0.352 e. The number of benzene rings is 2. The maximum atomic E-state index is 13.6. The van der Waals surface area contributed by atoms with Gasteiger partial charge in [0, 0.05) is 18.8 Å².